The third-order valence-electron chi connectivity index (χ3n) is 6.12. The highest BCUT2D eigenvalue weighted by molar-refractivity contribution is 6.74. The molecule has 2 aromatic heterocycles. The van der Waals surface area contributed by atoms with Crippen molar-refractivity contribution in [3.8, 4) is 5.88 Å². The third-order valence-corrected chi connectivity index (χ3v) is 10.8. The van der Waals surface area contributed by atoms with Gasteiger partial charge in [0.05, 0.1) is 18.0 Å². The van der Waals surface area contributed by atoms with Gasteiger partial charge in [-0.15, -0.1) is 0 Å². The molecule has 3 rings (SSSR count). The molecule has 162 valence electrons. The summed E-state index contributed by atoms with van der Waals surface area (Å²) < 4.78 is 22.6. The van der Waals surface area contributed by atoms with E-state index in [4.69, 9.17) is 16.0 Å². The molecule has 1 atom stereocenters. The van der Waals surface area contributed by atoms with Gasteiger partial charge in [0.25, 0.3) is 0 Å². The van der Waals surface area contributed by atoms with Crippen molar-refractivity contribution in [2.24, 2.45) is 0 Å². The summed E-state index contributed by atoms with van der Waals surface area (Å²) in [7, 11) is -1.99. The molecule has 8 heteroatoms. The predicted octanol–water partition coefficient (Wildman–Crippen LogP) is 6.21. The van der Waals surface area contributed by atoms with Crippen molar-refractivity contribution < 1.29 is 13.9 Å². The molecular weight excluding hydrogens is 421 g/mol. The molecule has 0 saturated carbocycles. The summed E-state index contributed by atoms with van der Waals surface area (Å²) in [4.78, 5) is 4.31. The maximum atomic E-state index is 14.5. The first-order valence-corrected chi connectivity index (χ1v) is 13.3. The number of fused-ring (bicyclic) bond motifs is 1. The molecule has 0 aliphatic heterocycles. The number of aryl methyl sites for hydroxylation is 1. The number of hydrogen-bond acceptors (Lipinski definition) is 4. The second-order valence-corrected chi connectivity index (χ2v) is 14.5. The average molecular weight is 450 g/mol. The Labute approximate surface area is 183 Å². The van der Waals surface area contributed by atoms with E-state index in [0.717, 1.165) is 11.3 Å². The van der Waals surface area contributed by atoms with Crippen molar-refractivity contribution in [2.45, 2.75) is 65.3 Å². The van der Waals surface area contributed by atoms with Crippen LogP contribution in [0.15, 0.2) is 24.3 Å². The van der Waals surface area contributed by atoms with Gasteiger partial charge in [0, 0.05) is 22.6 Å². The van der Waals surface area contributed by atoms with Crippen molar-refractivity contribution in [3.05, 3.63) is 57.6 Å². The first kappa shape index (κ1) is 22.7. The molecule has 1 aromatic carbocycles. The fraction of sp³-hybridized carbons (Fsp3) is 0.455. The minimum absolute atomic E-state index is 0.0625. The predicted molar refractivity (Wildman–Crippen MR) is 120 cm³/mol. The summed E-state index contributed by atoms with van der Waals surface area (Å²) in [6.07, 6.45) is 0. The van der Waals surface area contributed by atoms with Crippen molar-refractivity contribution in [1.82, 2.24) is 14.6 Å². The Morgan fingerprint density at radius 2 is 1.93 bits per heavy atom. The van der Waals surface area contributed by atoms with Gasteiger partial charge >= 0.3 is 0 Å². The van der Waals surface area contributed by atoms with Crippen LogP contribution in [-0.2, 0) is 11.0 Å². The van der Waals surface area contributed by atoms with Crippen molar-refractivity contribution in [3.63, 3.8) is 0 Å². The van der Waals surface area contributed by atoms with Crippen LogP contribution < -0.4 is 0 Å². The molecule has 5 nitrogen and oxygen atoms in total. The molecule has 0 aliphatic rings. The van der Waals surface area contributed by atoms with Crippen LogP contribution in [0.2, 0.25) is 23.2 Å². The van der Waals surface area contributed by atoms with Crippen LogP contribution in [0.1, 0.15) is 56.1 Å². The monoisotopic (exact) mass is 449 g/mol. The molecule has 3 aromatic rings. The summed E-state index contributed by atoms with van der Waals surface area (Å²) in [6, 6.07) is 6.22. The second-order valence-electron chi connectivity index (χ2n) is 9.28. The van der Waals surface area contributed by atoms with Gasteiger partial charge in [-0.1, -0.05) is 45.4 Å². The molecule has 0 fully saturated rings. The van der Waals surface area contributed by atoms with E-state index in [1.54, 1.807) is 22.7 Å². The lowest BCUT2D eigenvalue weighted by Gasteiger charge is -2.36. The Morgan fingerprint density at radius 1 is 1.27 bits per heavy atom. The number of aromatic hydroxyl groups is 1. The van der Waals surface area contributed by atoms with Gasteiger partial charge in [0.15, 0.2) is 14.0 Å². The zero-order chi connectivity index (χ0) is 22.4. The molecule has 30 heavy (non-hydrogen) atoms. The number of hydrogen-bond donors (Lipinski definition) is 1. The van der Waals surface area contributed by atoms with Crippen molar-refractivity contribution >= 4 is 25.6 Å². The van der Waals surface area contributed by atoms with Gasteiger partial charge in [-0.3, -0.25) is 0 Å². The molecule has 0 bridgehead atoms. The van der Waals surface area contributed by atoms with Crippen molar-refractivity contribution in [2.75, 3.05) is 0 Å². The molecule has 0 unspecified atom stereocenters. The van der Waals surface area contributed by atoms with Crippen LogP contribution in [0.4, 0.5) is 4.39 Å². The van der Waals surface area contributed by atoms with E-state index < -0.39 is 8.32 Å². The Hall–Kier alpha value is -1.96. The fourth-order valence-corrected chi connectivity index (χ4v) is 4.38. The Bertz CT molecular complexity index is 1090. The van der Waals surface area contributed by atoms with E-state index in [-0.39, 0.29) is 22.7 Å². The van der Waals surface area contributed by atoms with Crippen molar-refractivity contribution in [1.29, 1.82) is 0 Å². The number of benzene rings is 1. The summed E-state index contributed by atoms with van der Waals surface area (Å²) in [5.41, 5.74) is 3.20. The summed E-state index contributed by atoms with van der Waals surface area (Å²) in [5, 5.41) is 15.3. The molecule has 0 saturated heterocycles. The minimum atomic E-state index is -1.99. The Balaban J connectivity index is 2.06. The second kappa shape index (κ2) is 7.94. The number of rotatable bonds is 5. The van der Waals surface area contributed by atoms with E-state index in [1.807, 2.05) is 13.8 Å². The largest absolute Gasteiger partial charge is 0.493 e. The van der Waals surface area contributed by atoms with E-state index in [9.17, 15) is 9.50 Å². The minimum Gasteiger partial charge on any atom is -0.493 e. The molecule has 1 N–H and O–H groups in total. The quantitative estimate of drug-likeness (QED) is 0.470. The normalized spacial score (nSPS) is 13.8. The summed E-state index contributed by atoms with van der Waals surface area (Å²) >= 11 is 5.91. The average Bonchev–Trinajstić information content (AvgIpc) is 2.94. The molecule has 0 amide bonds. The number of halogens is 2. The fourth-order valence-electron chi connectivity index (χ4n) is 3.27. The zero-order valence-electron chi connectivity index (χ0n) is 18.5. The third kappa shape index (κ3) is 4.24. The van der Waals surface area contributed by atoms with E-state index >= 15 is 0 Å². The number of aromatic nitrogens is 3. The van der Waals surface area contributed by atoms with E-state index in [0.29, 0.717) is 28.5 Å². The van der Waals surface area contributed by atoms with E-state index in [1.165, 1.54) is 6.07 Å². The lowest BCUT2D eigenvalue weighted by atomic mass is 9.93. The topological polar surface area (TPSA) is 59.7 Å². The molecule has 2 heterocycles. The lowest BCUT2D eigenvalue weighted by Crippen LogP contribution is -2.40. The van der Waals surface area contributed by atoms with Gasteiger partial charge in [-0.05, 0) is 42.8 Å². The van der Waals surface area contributed by atoms with Crippen LogP contribution in [-0.4, -0.2) is 28.0 Å². The van der Waals surface area contributed by atoms with Gasteiger partial charge in [0.2, 0.25) is 5.88 Å². The Morgan fingerprint density at radius 3 is 2.53 bits per heavy atom. The maximum absolute atomic E-state index is 14.5. The smallest absolute Gasteiger partial charge is 0.214 e. The standard InChI is InChI=1S/C22H29ClFN3O2Si/c1-13(17-9-8-15(23)10-18(17)24)20-14(2)26-27-16(11-19(28)25-21(20)27)12-29-30(6,7)22(3,4)5/h8-11,13H,12H2,1-7H3,(H,25,28)/t13-/m0/s1. The van der Waals surface area contributed by atoms with Crippen LogP contribution in [0, 0.1) is 12.7 Å². The van der Waals surface area contributed by atoms with Crippen LogP contribution >= 0.6 is 11.6 Å². The van der Waals surface area contributed by atoms with Crippen LogP contribution in [0.5, 0.6) is 5.88 Å². The molecule has 0 aliphatic carbocycles. The van der Waals surface area contributed by atoms with Gasteiger partial charge in [-0.2, -0.15) is 10.1 Å². The lowest BCUT2D eigenvalue weighted by molar-refractivity contribution is 0.268. The SMILES string of the molecule is Cc1nn2c(CO[Si](C)(C)C(C)(C)C)cc(O)nc2c1[C@@H](C)c1ccc(Cl)cc1F. The summed E-state index contributed by atoms with van der Waals surface area (Å²) in [6.45, 7) is 15.0. The van der Waals surface area contributed by atoms with Gasteiger partial charge < -0.3 is 9.53 Å². The Kier molecular flexibility index (Phi) is 6.01. The molecule has 0 spiro atoms. The van der Waals surface area contributed by atoms with Crippen LogP contribution in [0.25, 0.3) is 5.65 Å². The highest BCUT2D eigenvalue weighted by Gasteiger charge is 2.37. The highest BCUT2D eigenvalue weighted by atomic mass is 35.5. The van der Waals surface area contributed by atoms with Gasteiger partial charge in [0.1, 0.15) is 5.82 Å². The van der Waals surface area contributed by atoms with Crippen LogP contribution in [0.3, 0.4) is 0 Å². The highest BCUT2D eigenvalue weighted by Crippen LogP contribution is 2.38. The van der Waals surface area contributed by atoms with E-state index in [2.05, 4.69) is 43.9 Å². The number of nitrogens with zero attached hydrogens (tertiary/aromatic N) is 3. The molecular formula is C22H29ClFN3O2Si. The van der Waals surface area contributed by atoms with Gasteiger partial charge in [-0.25, -0.2) is 8.91 Å². The summed E-state index contributed by atoms with van der Waals surface area (Å²) in [5.74, 6) is -0.806. The maximum Gasteiger partial charge on any atom is 0.214 e. The first-order chi connectivity index (χ1) is 13.8. The molecule has 0 radical (unpaired) electrons. The first-order valence-electron chi connectivity index (χ1n) is 9.99. The zero-order valence-corrected chi connectivity index (χ0v) is 20.3.